The summed E-state index contributed by atoms with van der Waals surface area (Å²) >= 11 is 12.6. The molecule has 0 bridgehead atoms. The minimum Gasteiger partial charge on any atom is -0.507 e. The summed E-state index contributed by atoms with van der Waals surface area (Å²) in [5.74, 6) is -2.08. The van der Waals surface area contributed by atoms with Crippen LogP contribution < -0.4 is 10.1 Å². The van der Waals surface area contributed by atoms with Gasteiger partial charge in [0.2, 0.25) is 0 Å². The number of benzene rings is 2. The average Bonchev–Trinajstić information content (AvgIpc) is 3.06. The first-order valence-corrected chi connectivity index (χ1v) is 11.3. The van der Waals surface area contributed by atoms with Gasteiger partial charge in [-0.15, -0.1) is 0 Å². The number of hydrogen-bond acceptors (Lipinski definition) is 6. The number of carbonyl (C=O) groups excluding carboxylic acids is 3. The van der Waals surface area contributed by atoms with E-state index in [1.54, 1.807) is 11.8 Å². The lowest BCUT2D eigenvalue weighted by molar-refractivity contribution is -0.152. The van der Waals surface area contributed by atoms with Crippen molar-refractivity contribution in [1.82, 2.24) is 4.90 Å². The molecular weight excluding hydrogens is 471 g/mol. The molecule has 0 unspecified atom stereocenters. The number of rotatable bonds is 5. The van der Waals surface area contributed by atoms with Gasteiger partial charge >= 0.3 is 11.9 Å². The Hall–Kier alpha value is -2.97. The molecular formula is C23H24Cl2N2O6. The molecule has 0 radical (unpaired) electrons. The van der Waals surface area contributed by atoms with Gasteiger partial charge < -0.3 is 24.8 Å². The fourth-order valence-electron chi connectivity index (χ4n) is 3.42. The minimum absolute atomic E-state index is 0.0649. The van der Waals surface area contributed by atoms with Gasteiger partial charge in [0.25, 0.3) is 5.91 Å². The van der Waals surface area contributed by atoms with Crippen LogP contribution in [0.15, 0.2) is 30.3 Å². The summed E-state index contributed by atoms with van der Waals surface area (Å²) in [6, 6.07) is 7.02. The molecule has 10 heteroatoms. The van der Waals surface area contributed by atoms with Crippen LogP contribution in [0.2, 0.25) is 10.0 Å². The molecule has 1 aliphatic heterocycles. The molecule has 176 valence electrons. The Labute approximate surface area is 201 Å². The summed E-state index contributed by atoms with van der Waals surface area (Å²) in [6.07, 6.45) is 4.00. The Balaban J connectivity index is 1.79. The zero-order chi connectivity index (χ0) is 24.0. The first-order valence-electron chi connectivity index (χ1n) is 10.6. The topological polar surface area (TPSA) is 105 Å². The Bertz CT molecular complexity index is 1030. The summed E-state index contributed by atoms with van der Waals surface area (Å²) < 4.78 is 10.4. The fourth-order valence-corrected chi connectivity index (χ4v) is 3.98. The first kappa shape index (κ1) is 24.7. The van der Waals surface area contributed by atoms with E-state index in [-0.39, 0.29) is 51.1 Å². The number of aromatic hydroxyl groups is 1. The number of phenolic OH excluding ortho intramolecular Hbond substituents is 1. The smallest absolute Gasteiger partial charge is 0.397 e. The van der Waals surface area contributed by atoms with Crippen LogP contribution in [0.3, 0.4) is 0 Å². The number of carbonyl (C=O) groups is 3. The van der Waals surface area contributed by atoms with Crippen LogP contribution in [0.25, 0.3) is 0 Å². The molecule has 1 saturated heterocycles. The van der Waals surface area contributed by atoms with Crippen molar-refractivity contribution in [2.75, 3.05) is 25.0 Å². The number of phenols is 1. The number of nitrogens with one attached hydrogen (secondary N) is 1. The number of ether oxygens (including phenoxy) is 2. The lowest BCUT2D eigenvalue weighted by Gasteiger charge is -2.21. The predicted molar refractivity (Wildman–Crippen MR) is 124 cm³/mol. The zero-order valence-corrected chi connectivity index (χ0v) is 19.5. The largest absolute Gasteiger partial charge is 0.507 e. The second kappa shape index (κ2) is 11.2. The van der Waals surface area contributed by atoms with Crippen LogP contribution in [0.4, 0.5) is 5.69 Å². The number of esters is 1. The molecule has 2 aromatic rings. The average molecular weight is 495 g/mol. The Morgan fingerprint density at radius 2 is 1.67 bits per heavy atom. The third-order valence-electron chi connectivity index (χ3n) is 5.03. The normalized spacial score (nSPS) is 13.7. The molecule has 0 atom stereocenters. The van der Waals surface area contributed by atoms with E-state index >= 15 is 0 Å². The van der Waals surface area contributed by atoms with Gasteiger partial charge in [-0.1, -0.05) is 36.0 Å². The lowest BCUT2D eigenvalue weighted by atomic mass is 10.1. The molecule has 1 aliphatic rings. The third kappa shape index (κ3) is 6.30. The molecule has 8 nitrogen and oxygen atoms in total. The number of hydrogen-bond donors (Lipinski definition) is 2. The van der Waals surface area contributed by atoms with Crippen molar-refractivity contribution >= 4 is 46.7 Å². The number of nitrogens with zero attached hydrogens (tertiary/aromatic N) is 1. The van der Waals surface area contributed by atoms with E-state index in [0.29, 0.717) is 13.1 Å². The number of anilines is 1. The summed E-state index contributed by atoms with van der Waals surface area (Å²) in [5, 5.41) is 12.7. The molecule has 0 aromatic heterocycles. The maximum Gasteiger partial charge on any atom is 0.397 e. The summed E-state index contributed by atoms with van der Waals surface area (Å²) in [5.41, 5.74) is 0.304. The SMILES string of the molecule is CCOC(=O)C(=O)Nc1cc(Cl)c(Oc2ccc(O)c(C(=O)N3CCCCCC3)c2)c(Cl)c1. The van der Waals surface area contributed by atoms with Crippen LogP contribution >= 0.6 is 23.2 Å². The van der Waals surface area contributed by atoms with E-state index in [0.717, 1.165) is 25.7 Å². The van der Waals surface area contributed by atoms with Crippen molar-refractivity contribution in [3.63, 3.8) is 0 Å². The number of amides is 2. The quantitative estimate of drug-likeness (QED) is 0.447. The molecule has 33 heavy (non-hydrogen) atoms. The highest BCUT2D eigenvalue weighted by atomic mass is 35.5. The standard InChI is InChI=1S/C23H24Cl2N2O6/c1-2-32-23(31)21(29)26-14-11-17(24)20(18(25)12-14)33-15-7-8-19(28)16(13-15)22(30)27-9-5-3-4-6-10-27/h7-8,11-13,28H,2-6,9-10H2,1H3,(H,26,29). The fraction of sp³-hybridized carbons (Fsp3) is 0.348. The van der Waals surface area contributed by atoms with Crippen LogP contribution in [0, 0.1) is 0 Å². The van der Waals surface area contributed by atoms with Gasteiger partial charge in [0.1, 0.15) is 11.5 Å². The Morgan fingerprint density at radius 3 is 2.27 bits per heavy atom. The second-order valence-corrected chi connectivity index (χ2v) is 8.25. The van der Waals surface area contributed by atoms with Gasteiger partial charge in [0.05, 0.1) is 22.2 Å². The lowest BCUT2D eigenvalue weighted by Crippen LogP contribution is -2.31. The van der Waals surface area contributed by atoms with Gasteiger partial charge in [-0.05, 0) is 50.1 Å². The van der Waals surface area contributed by atoms with Gasteiger partial charge in [-0.3, -0.25) is 9.59 Å². The Kier molecular flexibility index (Phi) is 8.41. The maximum absolute atomic E-state index is 12.9. The van der Waals surface area contributed by atoms with Crippen molar-refractivity contribution in [1.29, 1.82) is 0 Å². The van der Waals surface area contributed by atoms with Crippen LogP contribution in [0.1, 0.15) is 43.0 Å². The van der Waals surface area contributed by atoms with E-state index in [1.807, 2.05) is 0 Å². The molecule has 2 aromatic carbocycles. The highest BCUT2D eigenvalue weighted by molar-refractivity contribution is 6.39. The second-order valence-electron chi connectivity index (χ2n) is 7.43. The van der Waals surface area contributed by atoms with Gasteiger partial charge in [0.15, 0.2) is 5.75 Å². The summed E-state index contributed by atoms with van der Waals surface area (Å²) in [6.45, 7) is 2.93. The minimum atomic E-state index is -1.03. The third-order valence-corrected chi connectivity index (χ3v) is 5.59. The highest BCUT2D eigenvalue weighted by Crippen LogP contribution is 2.39. The molecule has 1 heterocycles. The highest BCUT2D eigenvalue weighted by Gasteiger charge is 2.22. The molecule has 0 aliphatic carbocycles. The molecule has 2 amide bonds. The van der Waals surface area contributed by atoms with E-state index in [4.69, 9.17) is 27.9 Å². The van der Waals surface area contributed by atoms with Crippen LogP contribution in [0.5, 0.6) is 17.2 Å². The molecule has 0 saturated carbocycles. The van der Waals surface area contributed by atoms with Gasteiger partial charge in [-0.2, -0.15) is 0 Å². The molecule has 2 N–H and O–H groups in total. The summed E-state index contributed by atoms with van der Waals surface area (Å²) in [4.78, 5) is 38.0. The van der Waals surface area contributed by atoms with Crippen molar-refractivity contribution in [2.45, 2.75) is 32.6 Å². The van der Waals surface area contributed by atoms with Crippen LogP contribution in [-0.4, -0.2) is 47.5 Å². The van der Waals surface area contributed by atoms with E-state index in [9.17, 15) is 19.5 Å². The van der Waals surface area contributed by atoms with Crippen molar-refractivity contribution in [3.05, 3.63) is 45.9 Å². The van der Waals surface area contributed by atoms with Crippen LogP contribution in [-0.2, 0) is 14.3 Å². The monoisotopic (exact) mass is 494 g/mol. The Morgan fingerprint density at radius 1 is 1.03 bits per heavy atom. The molecule has 1 fully saturated rings. The molecule has 0 spiro atoms. The summed E-state index contributed by atoms with van der Waals surface area (Å²) in [7, 11) is 0. The van der Waals surface area contributed by atoms with E-state index in [2.05, 4.69) is 10.1 Å². The number of likely N-dealkylation sites (tertiary alicyclic amines) is 1. The maximum atomic E-state index is 12.9. The van der Waals surface area contributed by atoms with Crippen molar-refractivity contribution < 1.29 is 29.0 Å². The van der Waals surface area contributed by atoms with E-state index in [1.165, 1.54) is 30.3 Å². The van der Waals surface area contributed by atoms with Gasteiger partial charge in [-0.25, -0.2) is 4.79 Å². The first-order chi connectivity index (χ1) is 15.8. The predicted octanol–water partition coefficient (Wildman–Crippen LogP) is 5.01. The van der Waals surface area contributed by atoms with E-state index < -0.39 is 11.9 Å². The number of halogens is 2. The van der Waals surface area contributed by atoms with Crippen molar-refractivity contribution in [3.8, 4) is 17.2 Å². The zero-order valence-electron chi connectivity index (χ0n) is 18.0. The van der Waals surface area contributed by atoms with Crippen molar-refractivity contribution in [2.24, 2.45) is 0 Å². The van der Waals surface area contributed by atoms with Gasteiger partial charge in [0, 0.05) is 18.8 Å². The molecule has 3 rings (SSSR count).